The number of aromatic amines is 1. The molecule has 2 aromatic heterocycles. The molecule has 3 N–H and O–H groups in total. The lowest BCUT2D eigenvalue weighted by molar-refractivity contribution is -0.125. The Morgan fingerprint density at radius 3 is 2.65 bits per heavy atom. The number of H-pyrrole nitrogens is 1. The Morgan fingerprint density at radius 1 is 1.15 bits per heavy atom. The summed E-state index contributed by atoms with van der Waals surface area (Å²) in [5, 5.41) is 6.14. The van der Waals surface area contributed by atoms with Crippen LogP contribution in [0.1, 0.15) is 67.1 Å². The number of aryl methyl sites for hydroxylation is 1. The number of methoxy groups -OCH3 is 1. The van der Waals surface area contributed by atoms with Crippen LogP contribution in [-0.4, -0.2) is 59.2 Å². The molecular weight excluding hydrogens is 520 g/mol. The highest BCUT2D eigenvalue weighted by Crippen LogP contribution is 2.38. The van der Waals surface area contributed by atoms with Gasteiger partial charge in [-0.05, 0) is 69.1 Å². The van der Waals surface area contributed by atoms with Crippen molar-refractivity contribution in [2.24, 2.45) is 11.8 Å². The molecule has 0 aliphatic heterocycles. The zero-order chi connectivity index (χ0) is 28.4. The van der Waals surface area contributed by atoms with Gasteiger partial charge in [0.2, 0.25) is 5.91 Å². The summed E-state index contributed by atoms with van der Waals surface area (Å²) in [6.07, 6.45) is 3.09. The molecule has 3 atom stereocenters. The summed E-state index contributed by atoms with van der Waals surface area (Å²) in [6.45, 7) is 4.38. The number of halogens is 2. The first-order chi connectivity index (χ1) is 19.2. The second kappa shape index (κ2) is 11.9. The minimum absolute atomic E-state index is 0.0231. The monoisotopic (exact) mass is 555 g/mol. The summed E-state index contributed by atoms with van der Waals surface area (Å²) in [5.41, 5.74) is 2.61. The predicted octanol–water partition coefficient (Wildman–Crippen LogP) is 4.71. The predicted molar refractivity (Wildman–Crippen MR) is 145 cm³/mol. The van der Waals surface area contributed by atoms with Crippen molar-refractivity contribution in [3.8, 4) is 17.0 Å². The second-order valence-corrected chi connectivity index (χ2v) is 10.9. The fourth-order valence-corrected chi connectivity index (χ4v) is 5.47. The van der Waals surface area contributed by atoms with Crippen LogP contribution in [0.4, 0.5) is 8.78 Å². The summed E-state index contributed by atoms with van der Waals surface area (Å²) in [7, 11) is 1.48. The Bertz CT molecular complexity index is 1390. The van der Waals surface area contributed by atoms with Gasteiger partial charge >= 0.3 is 0 Å². The van der Waals surface area contributed by atoms with Crippen molar-refractivity contribution in [2.75, 3.05) is 20.3 Å². The lowest BCUT2D eigenvalue weighted by Crippen LogP contribution is -2.48. The Hall–Kier alpha value is -3.60. The fraction of sp³-hybridized carbons (Fsp3) is 0.517. The van der Waals surface area contributed by atoms with Crippen molar-refractivity contribution >= 4 is 22.8 Å². The van der Waals surface area contributed by atoms with Crippen LogP contribution in [0, 0.1) is 18.8 Å². The van der Waals surface area contributed by atoms with E-state index in [-0.39, 0.29) is 42.0 Å². The molecule has 2 fully saturated rings. The molecule has 2 aliphatic rings. The number of carbonyl (C=O) groups excluding carboxylic acids is 2. The molecule has 2 amide bonds. The topological polar surface area (TPSA) is 118 Å². The van der Waals surface area contributed by atoms with Crippen LogP contribution >= 0.6 is 0 Å². The number of ether oxygens (including phenoxy) is 2. The van der Waals surface area contributed by atoms with Gasteiger partial charge < -0.3 is 25.1 Å². The molecule has 0 unspecified atom stereocenters. The van der Waals surface area contributed by atoms with Crippen LogP contribution in [-0.2, 0) is 9.53 Å². The molecule has 0 radical (unpaired) electrons. The van der Waals surface area contributed by atoms with Gasteiger partial charge in [-0.3, -0.25) is 9.59 Å². The lowest BCUT2D eigenvalue weighted by atomic mass is 9.82. The third kappa shape index (κ3) is 6.09. The normalized spacial score (nSPS) is 21.0. The van der Waals surface area contributed by atoms with Crippen molar-refractivity contribution in [2.45, 2.75) is 64.5 Å². The largest absolute Gasteiger partial charge is 0.493 e. The zero-order valence-corrected chi connectivity index (χ0v) is 22.9. The summed E-state index contributed by atoms with van der Waals surface area (Å²) in [4.78, 5) is 37.5. The van der Waals surface area contributed by atoms with Crippen molar-refractivity contribution < 1.29 is 27.8 Å². The smallest absolute Gasteiger partial charge is 0.263 e. The Morgan fingerprint density at radius 2 is 1.95 bits per heavy atom. The SMILES string of the molecule is COCC(=O)N[C@H]1CC[C@H](NC(=O)c2c(C)[nH]c3c(-c4cc(C(F)F)ccc4OCC4CC4)ncnc23)[C@H](C)C1. The minimum atomic E-state index is -2.65. The first kappa shape index (κ1) is 27.9. The molecule has 9 nitrogen and oxygen atoms in total. The Labute approximate surface area is 231 Å². The quantitative estimate of drug-likeness (QED) is 0.334. The highest BCUT2D eigenvalue weighted by atomic mass is 19.3. The third-order valence-corrected chi connectivity index (χ3v) is 7.81. The average molecular weight is 556 g/mol. The molecule has 11 heteroatoms. The van der Waals surface area contributed by atoms with Gasteiger partial charge in [-0.25, -0.2) is 18.7 Å². The Kier molecular flexibility index (Phi) is 8.30. The first-order valence-electron chi connectivity index (χ1n) is 13.7. The number of hydrogen-bond donors (Lipinski definition) is 3. The molecule has 2 saturated carbocycles. The van der Waals surface area contributed by atoms with Crippen LogP contribution in [0.3, 0.4) is 0 Å². The second-order valence-electron chi connectivity index (χ2n) is 10.9. The number of aromatic nitrogens is 3. The zero-order valence-electron chi connectivity index (χ0n) is 22.9. The molecule has 0 bridgehead atoms. The number of fused-ring (bicyclic) bond motifs is 1. The van der Waals surface area contributed by atoms with E-state index in [1.165, 1.54) is 25.6 Å². The number of benzene rings is 1. The first-order valence-corrected chi connectivity index (χ1v) is 13.7. The molecule has 0 spiro atoms. The van der Waals surface area contributed by atoms with Gasteiger partial charge in [0.1, 0.15) is 29.9 Å². The van der Waals surface area contributed by atoms with E-state index in [1.807, 2.05) is 0 Å². The molecular formula is C29H35F2N5O4. The number of hydrogen-bond acceptors (Lipinski definition) is 6. The van der Waals surface area contributed by atoms with Gasteiger partial charge in [-0.15, -0.1) is 0 Å². The molecule has 214 valence electrons. The van der Waals surface area contributed by atoms with Crippen LogP contribution in [0.2, 0.25) is 0 Å². The van der Waals surface area contributed by atoms with Gasteiger partial charge in [0, 0.05) is 36.0 Å². The molecule has 40 heavy (non-hydrogen) atoms. The van der Waals surface area contributed by atoms with E-state index < -0.39 is 6.43 Å². The summed E-state index contributed by atoms with van der Waals surface area (Å²) >= 11 is 0. The van der Waals surface area contributed by atoms with E-state index >= 15 is 0 Å². The molecule has 1 aromatic carbocycles. The standard InChI is InChI=1S/C29H35F2N5O4/c1-15-10-19(35-23(37)13-39-3)7-8-21(15)36-29(38)24-16(2)34-27-25(32-14-33-26(24)27)20-11-18(28(30)31)6-9-22(20)40-12-17-4-5-17/h6,9,11,14-15,17,19,21,28,34H,4-5,7-8,10,12-13H2,1-3H3,(H,35,37)(H,36,38)/t15-,19+,21+/m1/s1. The van der Waals surface area contributed by atoms with Crippen molar-refractivity contribution in [3.63, 3.8) is 0 Å². The summed E-state index contributed by atoms with van der Waals surface area (Å²) in [6, 6.07) is 4.30. The van der Waals surface area contributed by atoms with Gasteiger partial charge in [-0.1, -0.05) is 6.92 Å². The average Bonchev–Trinajstić information content (AvgIpc) is 3.68. The van der Waals surface area contributed by atoms with Crippen molar-refractivity contribution in [3.05, 3.63) is 41.3 Å². The van der Waals surface area contributed by atoms with Gasteiger partial charge in [0.25, 0.3) is 12.3 Å². The van der Waals surface area contributed by atoms with Crippen LogP contribution < -0.4 is 15.4 Å². The number of carbonyl (C=O) groups is 2. The molecule has 2 heterocycles. The highest BCUT2D eigenvalue weighted by Gasteiger charge is 2.31. The minimum Gasteiger partial charge on any atom is -0.493 e. The Balaban J connectivity index is 1.39. The van der Waals surface area contributed by atoms with E-state index in [0.717, 1.165) is 25.7 Å². The highest BCUT2D eigenvalue weighted by molar-refractivity contribution is 6.09. The van der Waals surface area contributed by atoms with Gasteiger partial charge in [-0.2, -0.15) is 0 Å². The molecule has 0 saturated heterocycles. The van der Waals surface area contributed by atoms with Gasteiger partial charge in [0.15, 0.2) is 0 Å². The molecule has 2 aliphatic carbocycles. The van der Waals surface area contributed by atoms with E-state index in [1.54, 1.807) is 13.0 Å². The number of alkyl halides is 2. The lowest BCUT2D eigenvalue weighted by Gasteiger charge is -2.35. The summed E-state index contributed by atoms with van der Waals surface area (Å²) < 4.78 is 38.1. The van der Waals surface area contributed by atoms with Crippen LogP contribution in [0.5, 0.6) is 5.75 Å². The van der Waals surface area contributed by atoms with Crippen LogP contribution in [0.15, 0.2) is 24.5 Å². The maximum absolute atomic E-state index is 13.6. The van der Waals surface area contributed by atoms with Crippen molar-refractivity contribution in [1.82, 2.24) is 25.6 Å². The number of nitrogens with zero attached hydrogens (tertiary/aromatic N) is 2. The van der Waals surface area contributed by atoms with E-state index in [2.05, 4.69) is 32.5 Å². The molecule has 5 rings (SSSR count). The van der Waals surface area contributed by atoms with E-state index in [9.17, 15) is 18.4 Å². The maximum atomic E-state index is 13.6. The number of rotatable bonds is 10. The van der Waals surface area contributed by atoms with Gasteiger partial charge in [0.05, 0.1) is 17.7 Å². The number of amides is 2. The van der Waals surface area contributed by atoms with E-state index in [4.69, 9.17) is 9.47 Å². The van der Waals surface area contributed by atoms with E-state index in [0.29, 0.717) is 58.2 Å². The third-order valence-electron chi connectivity index (χ3n) is 7.81. The van der Waals surface area contributed by atoms with Crippen molar-refractivity contribution in [1.29, 1.82) is 0 Å². The maximum Gasteiger partial charge on any atom is 0.263 e. The number of nitrogens with one attached hydrogen (secondary N) is 3. The van der Waals surface area contributed by atoms with Crippen LogP contribution in [0.25, 0.3) is 22.3 Å². The molecule has 3 aromatic rings. The summed E-state index contributed by atoms with van der Waals surface area (Å²) in [5.74, 6) is 0.684. The fourth-order valence-electron chi connectivity index (χ4n) is 5.47.